The van der Waals surface area contributed by atoms with Gasteiger partial charge in [-0.1, -0.05) is 76.2 Å². The lowest BCUT2D eigenvalue weighted by Crippen LogP contribution is -2.45. The second kappa shape index (κ2) is 12.1. The number of benzodiazepines with no additional fused rings is 1. The SMILES string of the molecule is CC.CC.Cc1cc(N(C)[C@@H]2N=C(c3ccccc3)c3ccccc3N(C)C2=O)c(C)c(C)n1. The van der Waals surface area contributed by atoms with Crippen molar-refractivity contribution in [3.63, 3.8) is 0 Å². The third-order valence-electron chi connectivity index (χ3n) is 5.73. The number of pyridine rings is 1. The number of hydrogen-bond donors (Lipinski definition) is 0. The Bertz CT molecular complexity index is 1140. The Hall–Kier alpha value is -3.47. The van der Waals surface area contributed by atoms with Gasteiger partial charge in [0.05, 0.1) is 11.4 Å². The van der Waals surface area contributed by atoms with Crippen molar-refractivity contribution in [2.75, 3.05) is 23.9 Å². The van der Waals surface area contributed by atoms with E-state index in [-0.39, 0.29) is 5.91 Å². The summed E-state index contributed by atoms with van der Waals surface area (Å²) in [7, 11) is 3.75. The standard InChI is InChI=1S/C25H26N4O.2C2H6/c1-16-15-22(17(2)18(3)26-16)28(4)24-25(30)29(5)21-14-10-9-13-20(21)23(27-24)19-11-7-6-8-12-19;2*1-2/h6-15,24H,1-5H3;2*1-2H3/t24-;;/m0../s1. The van der Waals surface area contributed by atoms with Gasteiger partial charge in [-0.15, -0.1) is 0 Å². The second-order valence-electron chi connectivity index (χ2n) is 7.74. The minimum atomic E-state index is -0.683. The maximum absolute atomic E-state index is 13.5. The molecule has 4 rings (SSSR count). The van der Waals surface area contributed by atoms with E-state index in [0.717, 1.165) is 45.2 Å². The van der Waals surface area contributed by atoms with Crippen LogP contribution < -0.4 is 9.80 Å². The molecule has 3 aromatic rings. The lowest BCUT2D eigenvalue weighted by molar-refractivity contribution is -0.119. The van der Waals surface area contributed by atoms with Crippen LogP contribution in [0.4, 0.5) is 11.4 Å². The van der Waals surface area contributed by atoms with Crippen molar-refractivity contribution < 1.29 is 4.79 Å². The van der Waals surface area contributed by atoms with Crippen LogP contribution in [0.1, 0.15) is 55.8 Å². The molecule has 5 nitrogen and oxygen atoms in total. The maximum atomic E-state index is 13.5. The zero-order valence-electron chi connectivity index (χ0n) is 22.0. The van der Waals surface area contributed by atoms with E-state index in [0.29, 0.717) is 0 Å². The minimum absolute atomic E-state index is 0.0672. The van der Waals surface area contributed by atoms with E-state index in [1.54, 1.807) is 4.90 Å². The van der Waals surface area contributed by atoms with Crippen LogP contribution >= 0.6 is 0 Å². The fourth-order valence-electron chi connectivity index (χ4n) is 3.95. The van der Waals surface area contributed by atoms with Crippen LogP contribution in [-0.2, 0) is 4.79 Å². The molecule has 5 heteroatoms. The molecule has 0 unspecified atom stereocenters. The second-order valence-corrected chi connectivity index (χ2v) is 7.74. The van der Waals surface area contributed by atoms with Crippen molar-refractivity contribution in [2.45, 2.75) is 54.6 Å². The highest BCUT2D eigenvalue weighted by Crippen LogP contribution is 2.31. The largest absolute Gasteiger partial charge is 0.345 e. The first kappa shape index (κ1) is 26.8. The normalized spacial score (nSPS) is 14.5. The number of amides is 1. The van der Waals surface area contributed by atoms with E-state index in [1.165, 1.54) is 0 Å². The van der Waals surface area contributed by atoms with E-state index in [9.17, 15) is 4.79 Å². The highest BCUT2D eigenvalue weighted by atomic mass is 16.2. The lowest BCUT2D eigenvalue weighted by Gasteiger charge is -2.30. The van der Waals surface area contributed by atoms with Crippen LogP contribution in [0, 0.1) is 20.8 Å². The summed E-state index contributed by atoms with van der Waals surface area (Å²) < 4.78 is 0. The van der Waals surface area contributed by atoms with Gasteiger partial charge >= 0.3 is 0 Å². The van der Waals surface area contributed by atoms with Crippen molar-refractivity contribution in [3.05, 3.63) is 88.7 Å². The van der Waals surface area contributed by atoms with Crippen molar-refractivity contribution in [1.29, 1.82) is 0 Å². The molecular weight excluding hydrogens is 420 g/mol. The molecule has 1 amide bonds. The average Bonchev–Trinajstić information content (AvgIpc) is 2.99. The Kier molecular flexibility index (Phi) is 9.55. The van der Waals surface area contributed by atoms with Gasteiger partial charge in [-0.05, 0) is 38.5 Å². The zero-order valence-corrected chi connectivity index (χ0v) is 22.0. The van der Waals surface area contributed by atoms with E-state index in [1.807, 2.05) is 128 Å². The number of aliphatic imine (C=N–C) groups is 1. The Morgan fingerprint density at radius 1 is 0.882 bits per heavy atom. The molecule has 0 spiro atoms. The molecule has 1 aliphatic heterocycles. The molecule has 34 heavy (non-hydrogen) atoms. The Morgan fingerprint density at radius 3 is 2.12 bits per heavy atom. The topological polar surface area (TPSA) is 48.8 Å². The number of fused-ring (bicyclic) bond motifs is 1. The summed E-state index contributed by atoms with van der Waals surface area (Å²) >= 11 is 0. The number of anilines is 2. The van der Waals surface area contributed by atoms with Crippen LogP contribution in [0.2, 0.25) is 0 Å². The molecule has 1 aromatic heterocycles. The molecule has 2 heterocycles. The van der Waals surface area contributed by atoms with Gasteiger partial charge in [0.2, 0.25) is 6.17 Å². The van der Waals surface area contributed by atoms with Gasteiger partial charge in [-0.25, -0.2) is 4.99 Å². The predicted molar refractivity (Wildman–Crippen MR) is 145 cm³/mol. The quantitative estimate of drug-likeness (QED) is 0.460. The minimum Gasteiger partial charge on any atom is -0.345 e. The third kappa shape index (κ3) is 5.36. The highest BCUT2D eigenvalue weighted by Gasteiger charge is 2.33. The first-order valence-electron chi connectivity index (χ1n) is 12.1. The number of likely N-dealkylation sites (N-methyl/N-ethyl adjacent to an activating group) is 2. The van der Waals surface area contributed by atoms with Crippen LogP contribution in [0.15, 0.2) is 65.7 Å². The number of hydrogen-bond acceptors (Lipinski definition) is 4. The first-order chi connectivity index (χ1) is 16.4. The summed E-state index contributed by atoms with van der Waals surface area (Å²) in [6.45, 7) is 14.0. The van der Waals surface area contributed by atoms with Crippen LogP contribution in [0.25, 0.3) is 0 Å². The summed E-state index contributed by atoms with van der Waals surface area (Å²) in [4.78, 5) is 26.8. The average molecular weight is 459 g/mol. The summed E-state index contributed by atoms with van der Waals surface area (Å²) in [6.07, 6.45) is -0.683. The molecule has 1 aliphatic rings. The summed E-state index contributed by atoms with van der Waals surface area (Å²) in [5.74, 6) is -0.0672. The van der Waals surface area contributed by atoms with Gasteiger partial charge in [0.25, 0.3) is 5.91 Å². The molecule has 0 bridgehead atoms. The van der Waals surface area contributed by atoms with Gasteiger partial charge in [0, 0.05) is 42.3 Å². The van der Waals surface area contributed by atoms with Gasteiger partial charge in [0.15, 0.2) is 0 Å². The van der Waals surface area contributed by atoms with Crippen molar-refractivity contribution in [1.82, 2.24) is 4.98 Å². The van der Waals surface area contributed by atoms with Crippen molar-refractivity contribution >= 4 is 23.0 Å². The fraction of sp³-hybridized carbons (Fsp3) is 0.345. The molecule has 180 valence electrons. The Balaban J connectivity index is 0.000000970. The third-order valence-corrected chi connectivity index (χ3v) is 5.73. The van der Waals surface area contributed by atoms with E-state index >= 15 is 0 Å². The van der Waals surface area contributed by atoms with Crippen LogP contribution in [-0.4, -0.2) is 36.9 Å². The van der Waals surface area contributed by atoms with Crippen LogP contribution in [0.5, 0.6) is 0 Å². The number of aromatic nitrogens is 1. The number of rotatable bonds is 3. The number of benzene rings is 2. The van der Waals surface area contributed by atoms with Gasteiger partial charge in [-0.2, -0.15) is 0 Å². The number of nitrogens with zero attached hydrogens (tertiary/aromatic N) is 4. The number of aryl methyl sites for hydroxylation is 2. The number of carbonyl (C=O) groups is 1. The van der Waals surface area contributed by atoms with E-state index < -0.39 is 6.17 Å². The molecule has 0 radical (unpaired) electrons. The molecule has 0 fully saturated rings. The van der Waals surface area contributed by atoms with Gasteiger partial charge in [0.1, 0.15) is 0 Å². The molecule has 2 aromatic carbocycles. The van der Waals surface area contributed by atoms with Crippen molar-refractivity contribution in [3.8, 4) is 0 Å². The van der Waals surface area contributed by atoms with E-state index in [4.69, 9.17) is 4.99 Å². The smallest absolute Gasteiger partial charge is 0.272 e. The summed E-state index contributed by atoms with van der Waals surface area (Å²) in [6, 6.07) is 20.0. The predicted octanol–water partition coefficient (Wildman–Crippen LogP) is 6.34. The molecule has 0 saturated carbocycles. The molecule has 0 aliphatic carbocycles. The number of para-hydroxylation sites is 1. The zero-order chi connectivity index (χ0) is 25.4. The molecule has 1 atom stereocenters. The van der Waals surface area contributed by atoms with Crippen LogP contribution in [0.3, 0.4) is 0 Å². The lowest BCUT2D eigenvalue weighted by atomic mass is 10.0. The summed E-state index contributed by atoms with van der Waals surface area (Å²) in [5.41, 5.74) is 7.53. The van der Waals surface area contributed by atoms with Crippen molar-refractivity contribution in [2.24, 2.45) is 4.99 Å². The number of carbonyl (C=O) groups excluding carboxylic acids is 1. The summed E-state index contributed by atoms with van der Waals surface area (Å²) in [5, 5.41) is 0. The van der Waals surface area contributed by atoms with Gasteiger partial charge in [-0.3, -0.25) is 9.78 Å². The molecule has 0 saturated heterocycles. The molecule has 0 N–H and O–H groups in total. The maximum Gasteiger partial charge on any atom is 0.272 e. The first-order valence-corrected chi connectivity index (χ1v) is 12.1. The highest BCUT2D eigenvalue weighted by molar-refractivity contribution is 6.20. The monoisotopic (exact) mass is 458 g/mol. The van der Waals surface area contributed by atoms with E-state index in [2.05, 4.69) is 4.98 Å². The van der Waals surface area contributed by atoms with Gasteiger partial charge < -0.3 is 9.80 Å². The fourth-order valence-corrected chi connectivity index (χ4v) is 3.95. The Morgan fingerprint density at radius 2 is 1.47 bits per heavy atom. The Labute approximate surface area is 205 Å². The molecular formula is C29H38N4O.